The number of hydrogen-bond acceptors (Lipinski definition) is 6. The van der Waals surface area contributed by atoms with Gasteiger partial charge in [-0.2, -0.15) is 10.4 Å². The molecule has 0 unspecified atom stereocenters. The van der Waals surface area contributed by atoms with Gasteiger partial charge in [0.25, 0.3) is 10.0 Å². The van der Waals surface area contributed by atoms with Gasteiger partial charge < -0.3 is 4.52 Å². The van der Waals surface area contributed by atoms with E-state index < -0.39 is 10.0 Å². The molecule has 0 radical (unpaired) electrons. The van der Waals surface area contributed by atoms with E-state index in [2.05, 4.69) is 15.0 Å². The lowest BCUT2D eigenvalue weighted by Crippen LogP contribution is -2.14. The molecule has 25 heavy (non-hydrogen) atoms. The van der Waals surface area contributed by atoms with Gasteiger partial charge in [0.2, 0.25) is 0 Å². The molecule has 0 amide bonds. The Balaban J connectivity index is 1.83. The fourth-order valence-corrected chi connectivity index (χ4v) is 3.58. The third-order valence-corrected chi connectivity index (χ3v) is 5.12. The molecule has 0 bridgehead atoms. The predicted octanol–water partition coefficient (Wildman–Crippen LogP) is 2.21. The maximum absolute atomic E-state index is 12.5. The predicted molar refractivity (Wildman–Crippen MR) is 89.3 cm³/mol. The van der Waals surface area contributed by atoms with Crippen LogP contribution >= 0.6 is 0 Å². The summed E-state index contributed by atoms with van der Waals surface area (Å²) in [6.07, 6.45) is 2.98. The molecule has 3 rings (SSSR count). The van der Waals surface area contributed by atoms with Crippen molar-refractivity contribution in [2.45, 2.75) is 25.3 Å². The van der Waals surface area contributed by atoms with Crippen molar-refractivity contribution in [3.63, 3.8) is 0 Å². The SMILES string of the molecule is Cc1noc(C)c1Cn1cc(NS(=O)(=O)c2ccccc2C#N)cn1. The quantitative estimate of drug-likeness (QED) is 0.749. The minimum absolute atomic E-state index is 0.0732. The summed E-state index contributed by atoms with van der Waals surface area (Å²) in [6.45, 7) is 4.05. The van der Waals surface area contributed by atoms with Crippen molar-refractivity contribution in [1.29, 1.82) is 5.26 Å². The van der Waals surface area contributed by atoms with Crippen LogP contribution in [0.5, 0.6) is 0 Å². The zero-order chi connectivity index (χ0) is 18.0. The van der Waals surface area contributed by atoms with Crippen LogP contribution in [0.4, 0.5) is 5.69 Å². The third kappa shape index (κ3) is 3.39. The summed E-state index contributed by atoms with van der Waals surface area (Å²) in [5.74, 6) is 0.693. The number of rotatable bonds is 5. The molecule has 8 nitrogen and oxygen atoms in total. The summed E-state index contributed by atoms with van der Waals surface area (Å²) in [5.41, 5.74) is 2.04. The molecule has 2 aromatic heterocycles. The molecule has 9 heteroatoms. The monoisotopic (exact) mass is 357 g/mol. The van der Waals surface area contributed by atoms with E-state index in [9.17, 15) is 8.42 Å². The Morgan fingerprint density at radius 2 is 2.08 bits per heavy atom. The highest BCUT2D eigenvalue weighted by molar-refractivity contribution is 7.92. The van der Waals surface area contributed by atoms with Crippen molar-refractivity contribution >= 4 is 15.7 Å². The Morgan fingerprint density at radius 3 is 2.76 bits per heavy atom. The Morgan fingerprint density at radius 1 is 1.32 bits per heavy atom. The van der Waals surface area contributed by atoms with Crippen molar-refractivity contribution in [2.75, 3.05) is 4.72 Å². The third-order valence-electron chi connectivity index (χ3n) is 3.68. The molecule has 0 saturated heterocycles. The van der Waals surface area contributed by atoms with Crippen LogP contribution in [-0.4, -0.2) is 23.4 Å². The number of nitrogens with one attached hydrogen (secondary N) is 1. The van der Waals surface area contributed by atoms with E-state index in [1.807, 2.05) is 13.0 Å². The average Bonchev–Trinajstić information content (AvgIpc) is 3.15. The molecule has 0 spiro atoms. The normalized spacial score (nSPS) is 11.2. The first-order chi connectivity index (χ1) is 11.9. The molecule has 0 aliphatic rings. The van der Waals surface area contributed by atoms with E-state index in [-0.39, 0.29) is 10.5 Å². The van der Waals surface area contributed by atoms with E-state index in [4.69, 9.17) is 9.78 Å². The highest BCUT2D eigenvalue weighted by Crippen LogP contribution is 2.20. The first-order valence-corrected chi connectivity index (χ1v) is 8.85. The zero-order valence-corrected chi connectivity index (χ0v) is 14.4. The number of sulfonamides is 1. The maximum Gasteiger partial charge on any atom is 0.263 e. The summed E-state index contributed by atoms with van der Waals surface area (Å²) in [6, 6.07) is 7.89. The molecule has 1 N–H and O–H groups in total. The second-order valence-electron chi connectivity index (χ2n) is 5.44. The Hall–Kier alpha value is -3.12. The minimum Gasteiger partial charge on any atom is -0.361 e. The van der Waals surface area contributed by atoms with Crippen LogP contribution < -0.4 is 4.72 Å². The van der Waals surface area contributed by atoms with E-state index in [1.54, 1.807) is 29.9 Å². The van der Waals surface area contributed by atoms with E-state index >= 15 is 0 Å². The largest absolute Gasteiger partial charge is 0.361 e. The van der Waals surface area contributed by atoms with Crippen molar-refractivity contribution in [3.05, 3.63) is 59.2 Å². The summed E-state index contributed by atoms with van der Waals surface area (Å²) < 4.78 is 34.1. The van der Waals surface area contributed by atoms with Crippen LogP contribution in [-0.2, 0) is 16.6 Å². The topological polar surface area (TPSA) is 114 Å². The molecule has 0 saturated carbocycles. The van der Waals surface area contributed by atoms with Crippen LogP contribution in [0.15, 0.2) is 46.1 Å². The van der Waals surface area contributed by atoms with Crippen LogP contribution in [0.1, 0.15) is 22.6 Å². The summed E-state index contributed by atoms with van der Waals surface area (Å²) in [4.78, 5) is -0.0732. The first kappa shape index (κ1) is 16.7. The van der Waals surface area contributed by atoms with Crippen molar-refractivity contribution in [3.8, 4) is 6.07 Å². The van der Waals surface area contributed by atoms with Gasteiger partial charge in [-0.1, -0.05) is 17.3 Å². The van der Waals surface area contributed by atoms with Gasteiger partial charge in [0.05, 0.1) is 29.7 Å². The van der Waals surface area contributed by atoms with E-state index in [0.717, 1.165) is 11.3 Å². The highest BCUT2D eigenvalue weighted by Gasteiger charge is 2.19. The lowest BCUT2D eigenvalue weighted by molar-refractivity contribution is 0.391. The van der Waals surface area contributed by atoms with Crippen LogP contribution in [0.25, 0.3) is 0 Å². The number of nitriles is 1. The Labute approximate surface area is 144 Å². The highest BCUT2D eigenvalue weighted by atomic mass is 32.2. The van der Waals surface area contributed by atoms with Gasteiger partial charge in [-0.3, -0.25) is 9.40 Å². The zero-order valence-electron chi connectivity index (χ0n) is 13.6. The molecular formula is C16H15N5O3S. The first-order valence-electron chi connectivity index (χ1n) is 7.37. The number of aromatic nitrogens is 3. The number of hydrogen-bond donors (Lipinski definition) is 1. The molecule has 1 aromatic carbocycles. The van der Waals surface area contributed by atoms with Gasteiger partial charge in [-0.15, -0.1) is 0 Å². The van der Waals surface area contributed by atoms with Gasteiger partial charge in [-0.25, -0.2) is 8.42 Å². The molecule has 0 aliphatic heterocycles. The van der Waals surface area contributed by atoms with Gasteiger partial charge in [-0.05, 0) is 26.0 Å². The van der Waals surface area contributed by atoms with Gasteiger partial charge in [0, 0.05) is 11.8 Å². The average molecular weight is 357 g/mol. The summed E-state index contributed by atoms with van der Waals surface area (Å²) >= 11 is 0. The molecule has 0 atom stereocenters. The number of benzene rings is 1. The molecule has 128 valence electrons. The van der Waals surface area contributed by atoms with Gasteiger partial charge >= 0.3 is 0 Å². The number of anilines is 1. The lowest BCUT2D eigenvalue weighted by Gasteiger charge is -2.07. The summed E-state index contributed by atoms with van der Waals surface area (Å²) in [7, 11) is -3.88. The molecule has 3 aromatic rings. The fraction of sp³-hybridized carbons (Fsp3) is 0.188. The maximum atomic E-state index is 12.5. The summed E-state index contributed by atoms with van der Waals surface area (Å²) in [5, 5.41) is 17.1. The molecule has 2 heterocycles. The Bertz CT molecular complexity index is 1040. The second-order valence-corrected chi connectivity index (χ2v) is 7.09. The fourth-order valence-electron chi connectivity index (χ4n) is 2.40. The standard InChI is InChI=1S/C16H15N5O3S/c1-11-15(12(2)24-19-11)10-21-9-14(8-18-21)20-25(22,23)16-6-4-3-5-13(16)7-17/h3-6,8-9,20H,10H2,1-2H3. The smallest absolute Gasteiger partial charge is 0.263 e. The molecule has 0 fully saturated rings. The minimum atomic E-state index is -3.88. The van der Waals surface area contributed by atoms with Crippen molar-refractivity contribution < 1.29 is 12.9 Å². The van der Waals surface area contributed by atoms with Gasteiger partial charge in [0.15, 0.2) is 0 Å². The van der Waals surface area contributed by atoms with E-state index in [0.29, 0.717) is 18.0 Å². The number of nitrogens with zero attached hydrogens (tertiary/aromatic N) is 4. The van der Waals surface area contributed by atoms with E-state index in [1.165, 1.54) is 18.3 Å². The molecular weight excluding hydrogens is 342 g/mol. The lowest BCUT2D eigenvalue weighted by atomic mass is 10.2. The van der Waals surface area contributed by atoms with Crippen molar-refractivity contribution in [2.24, 2.45) is 0 Å². The van der Waals surface area contributed by atoms with Crippen LogP contribution in [0, 0.1) is 25.2 Å². The van der Waals surface area contributed by atoms with Crippen molar-refractivity contribution in [1.82, 2.24) is 14.9 Å². The van der Waals surface area contributed by atoms with Crippen LogP contribution in [0.3, 0.4) is 0 Å². The van der Waals surface area contributed by atoms with Crippen LogP contribution in [0.2, 0.25) is 0 Å². The number of aryl methyl sites for hydroxylation is 2. The van der Waals surface area contributed by atoms with Gasteiger partial charge in [0.1, 0.15) is 16.7 Å². The molecule has 0 aliphatic carbocycles. The Kier molecular flexibility index (Phi) is 4.29. The second kappa shape index (κ2) is 6.41.